The zero-order valence-electron chi connectivity index (χ0n) is 16.4. The fourth-order valence-electron chi connectivity index (χ4n) is 3.51. The second-order valence-corrected chi connectivity index (χ2v) is 7.53. The van der Waals surface area contributed by atoms with Gasteiger partial charge >= 0.3 is 0 Å². The average Bonchev–Trinajstić information content (AvgIpc) is 3.13. The van der Waals surface area contributed by atoms with Crippen LogP contribution in [0.5, 0.6) is 0 Å². The first kappa shape index (κ1) is 20.6. The molecular formula is C23H15F4N3O. The van der Waals surface area contributed by atoms with E-state index in [-0.39, 0.29) is 33.6 Å². The van der Waals surface area contributed by atoms with Crippen LogP contribution in [0.15, 0.2) is 48.8 Å². The molecule has 0 aliphatic carbocycles. The normalized spacial score (nSPS) is 11.7. The van der Waals surface area contributed by atoms with Crippen molar-refractivity contribution in [2.24, 2.45) is 0 Å². The molecule has 0 unspecified atom stereocenters. The molecule has 31 heavy (non-hydrogen) atoms. The van der Waals surface area contributed by atoms with E-state index in [1.54, 1.807) is 6.07 Å². The second kappa shape index (κ2) is 7.22. The molecular weight excluding hydrogens is 410 g/mol. The molecule has 0 spiro atoms. The fraction of sp³-hybridized carbons (Fsp3) is 0.130. The first-order valence-corrected chi connectivity index (χ1v) is 9.20. The van der Waals surface area contributed by atoms with E-state index in [1.807, 2.05) is 0 Å². The van der Waals surface area contributed by atoms with E-state index in [4.69, 9.17) is 0 Å². The predicted octanol–water partition coefficient (Wildman–Crippen LogP) is 5.32. The number of aromatic nitrogens is 2. The maximum absolute atomic E-state index is 15.5. The number of pyridine rings is 1. The first-order chi connectivity index (χ1) is 14.6. The van der Waals surface area contributed by atoms with Crippen molar-refractivity contribution in [2.75, 3.05) is 0 Å². The highest BCUT2D eigenvalue weighted by Gasteiger charge is 2.25. The maximum Gasteiger partial charge on any atom is 0.174 e. The summed E-state index contributed by atoms with van der Waals surface area (Å²) in [6.07, 6.45) is 2.65. The van der Waals surface area contributed by atoms with Crippen LogP contribution in [0, 0.1) is 34.6 Å². The van der Waals surface area contributed by atoms with E-state index in [2.05, 4.69) is 4.98 Å². The number of fused-ring (bicyclic) bond motifs is 1. The van der Waals surface area contributed by atoms with Gasteiger partial charge in [0, 0.05) is 22.9 Å². The molecule has 0 saturated heterocycles. The average molecular weight is 425 g/mol. The molecule has 0 fully saturated rings. The molecule has 1 N–H and O–H groups in total. The Hall–Kier alpha value is -3.70. The number of nitriles is 1. The summed E-state index contributed by atoms with van der Waals surface area (Å²) >= 11 is 0. The molecule has 4 nitrogen and oxygen atoms in total. The lowest BCUT2D eigenvalue weighted by Crippen LogP contribution is -2.18. The number of aliphatic hydroxyl groups is 1. The summed E-state index contributed by atoms with van der Waals surface area (Å²) in [7, 11) is 0. The quantitative estimate of drug-likeness (QED) is 0.452. The van der Waals surface area contributed by atoms with Crippen LogP contribution in [0.1, 0.15) is 25.0 Å². The minimum Gasteiger partial charge on any atom is -0.386 e. The largest absolute Gasteiger partial charge is 0.386 e. The van der Waals surface area contributed by atoms with Crippen molar-refractivity contribution in [1.29, 1.82) is 5.26 Å². The maximum atomic E-state index is 15.5. The van der Waals surface area contributed by atoms with Gasteiger partial charge in [0.1, 0.15) is 17.5 Å². The molecule has 4 aromatic rings. The van der Waals surface area contributed by atoms with Crippen LogP contribution < -0.4 is 0 Å². The number of imidazole rings is 1. The molecule has 0 bridgehead atoms. The lowest BCUT2D eigenvalue weighted by Gasteiger charge is -2.19. The smallest absolute Gasteiger partial charge is 0.174 e. The molecule has 0 aliphatic rings. The van der Waals surface area contributed by atoms with Crippen molar-refractivity contribution in [2.45, 2.75) is 19.4 Å². The number of benzene rings is 2. The molecule has 0 saturated carbocycles. The lowest BCUT2D eigenvalue weighted by atomic mass is 9.96. The fourth-order valence-corrected chi connectivity index (χ4v) is 3.51. The van der Waals surface area contributed by atoms with Gasteiger partial charge < -0.3 is 5.11 Å². The SMILES string of the molecule is CC(C)(O)c1ccn2c(-c3ccc(F)c(-c4ccc(F)cc4C#N)c3F)cnc2c1F. The molecule has 0 atom stereocenters. The molecule has 2 aromatic heterocycles. The molecule has 156 valence electrons. The summed E-state index contributed by atoms with van der Waals surface area (Å²) in [5, 5.41) is 19.4. The van der Waals surface area contributed by atoms with Gasteiger partial charge in [0.2, 0.25) is 0 Å². The van der Waals surface area contributed by atoms with Gasteiger partial charge in [-0.3, -0.25) is 4.40 Å². The Bertz CT molecular complexity index is 1380. The van der Waals surface area contributed by atoms with Gasteiger partial charge in [-0.15, -0.1) is 0 Å². The van der Waals surface area contributed by atoms with Gasteiger partial charge in [0.15, 0.2) is 11.5 Å². The first-order valence-electron chi connectivity index (χ1n) is 9.20. The molecule has 2 aromatic carbocycles. The highest BCUT2D eigenvalue weighted by molar-refractivity contribution is 5.77. The van der Waals surface area contributed by atoms with E-state index in [0.717, 1.165) is 24.3 Å². The zero-order valence-corrected chi connectivity index (χ0v) is 16.4. The summed E-state index contributed by atoms with van der Waals surface area (Å²) in [5.41, 5.74) is -2.37. The van der Waals surface area contributed by atoms with Crippen molar-refractivity contribution in [3.05, 3.63) is 83.2 Å². The molecule has 4 rings (SSSR count). The van der Waals surface area contributed by atoms with Crippen molar-refractivity contribution in [1.82, 2.24) is 9.38 Å². The Morgan fingerprint density at radius 2 is 1.71 bits per heavy atom. The summed E-state index contributed by atoms with van der Waals surface area (Å²) < 4.78 is 59.7. The Morgan fingerprint density at radius 3 is 2.39 bits per heavy atom. The minimum atomic E-state index is -1.46. The zero-order chi connectivity index (χ0) is 22.5. The standard InChI is InChI=1S/C23H15F4N3O/c1-23(2,31)16-7-8-30-18(11-29-22(30)21(16)27)15-5-6-17(25)19(20(15)26)14-4-3-13(24)9-12(14)10-28/h3-9,11,31H,1-2H3. The topological polar surface area (TPSA) is 61.3 Å². The van der Waals surface area contributed by atoms with Crippen LogP contribution >= 0.6 is 0 Å². The van der Waals surface area contributed by atoms with Crippen LogP contribution in [-0.2, 0) is 5.60 Å². The third-order valence-electron chi connectivity index (χ3n) is 5.02. The molecule has 0 radical (unpaired) electrons. The molecule has 0 amide bonds. The number of rotatable bonds is 3. The minimum absolute atomic E-state index is 0.0161. The van der Waals surface area contributed by atoms with Crippen molar-refractivity contribution in [3.63, 3.8) is 0 Å². The number of hydrogen-bond donors (Lipinski definition) is 1. The third kappa shape index (κ3) is 3.33. The Labute approximate surface area is 174 Å². The van der Waals surface area contributed by atoms with Crippen molar-refractivity contribution >= 4 is 5.65 Å². The van der Waals surface area contributed by atoms with Crippen LogP contribution in [0.4, 0.5) is 17.6 Å². The van der Waals surface area contributed by atoms with Gasteiger partial charge in [-0.05, 0) is 50.2 Å². The van der Waals surface area contributed by atoms with Crippen LogP contribution in [-0.4, -0.2) is 14.5 Å². The lowest BCUT2D eigenvalue weighted by molar-refractivity contribution is 0.0746. The van der Waals surface area contributed by atoms with Gasteiger partial charge in [-0.2, -0.15) is 5.26 Å². The summed E-state index contributed by atoms with van der Waals surface area (Å²) in [6, 6.07) is 8.30. The van der Waals surface area contributed by atoms with Gasteiger partial charge in [-0.25, -0.2) is 22.5 Å². The molecule has 0 aliphatic heterocycles. The van der Waals surface area contributed by atoms with Gasteiger partial charge in [-0.1, -0.05) is 0 Å². The summed E-state index contributed by atoms with van der Waals surface area (Å²) in [4.78, 5) is 3.99. The van der Waals surface area contributed by atoms with Crippen LogP contribution in [0.2, 0.25) is 0 Å². The van der Waals surface area contributed by atoms with E-state index < -0.39 is 34.4 Å². The third-order valence-corrected chi connectivity index (χ3v) is 5.02. The van der Waals surface area contributed by atoms with Crippen LogP contribution in [0.3, 0.4) is 0 Å². The monoisotopic (exact) mass is 425 g/mol. The molecule has 2 heterocycles. The van der Waals surface area contributed by atoms with E-state index >= 15 is 4.39 Å². The summed E-state index contributed by atoms with van der Waals surface area (Å²) in [6.45, 7) is 2.85. The Morgan fingerprint density at radius 1 is 1.00 bits per heavy atom. The number of nitrogens with zero attached hydrogens (tertiary/aromatic N) is 3. The van der Waals surface area contributed by atoms with Gasteiger partial charge in [0.05, 0.1) is 34.7 Å². The predicted molar refractivity (Wildman–Crippen MR) is 106 cm³/mol. The van der Waals surface area contributed by atoms with Crippen molar-refractivity contribution in [3.8, 4) is 28.5 Å². The van der Waals surface area contributed by atoms with E-state index in [0.29, 0.717) is 0 Å². The van der Waals surface area contributed by atoms with Crippen LogP contribution in [0.25, 0.3) is 28.0 Å². The second-order valence-electron chi connectivity index (χ2n) is 7.53. The van der Waals surface area contributed by atoms with E-state index in [9.17, 15) is 23.5 Å². The van der Waals surface area contributed by atoms with Gasteiger partial charge in [0.25, 0.3) is 0 Å². The Kier molecular flexibility index (Phi) is 4.79. The van der Waals surface area contributed by atoms with Crippen molar-refractivity contribution < 1.29 is 22.7 Å². The number of hydrogen-bond acceptors (Lipinski definition) is 3. The highest BCUT2D eigenvalue weighted by Crippen LogP contribution is 2.36. The Balaban J connectivity index is 1.96. The highest BCUT2D eigenvalue weighted by atomic mass is 19.1. The summed E-state index contributed by atoms with van der Waals surface area (Å²) in [5.74, 6) is -3.42. The van der Waals surface area contributed by atoms with E-state index in [1.165, 1.54) is 42.8 Å². The molecule has 8 heteroatoms. The number of halogens is 4.